The Morgan fingerprint density at radius 2 is 2.23 bits per heavy atom. The van der Waals surface area contributed by atoms with Gasteiger partial charge in [0.15, 0.2) is 0 Å². The smallest absolute Gasteiger partial charge is 0.243 e. The van der Waals surface area contributed by atoms with Crippen molar-refractivity contribution in [2.45, 2.75) is 26.3 Å². The molecule has 1 amide bonds. The van der Waals surface area contributed by atoms with Crippen molar-refractivity contribution in [3.63, 3.8) is 0 Å². The number of aryl methyl sites for hydroxylation is 1. The van der Waals surface area contributed by atoms with Crippen molar-refractivity contribution < 1.29 is 9.32 Å². The molecule has 0 aliphatic carbocycles. The van der Waals surface area contributed by atoms with Crippen LogP contribution in [0.3, 0.4) is 0 Å². The number of amides is 1. The van der Waals surface area contributed by atoms with Crippen LogP contribution >= 0.6 is 0 Å². The number of carbonyl (C=O) groups excluding carboxylic acids is 1. The van der Waals surface area contributed by atoms with Crippen LogP contribution < -0.4 is 10.2 Å². The Hall–Kier alpha value is -2.92. The standard InChI is InChI=1S/C18H22N6O2/c1-13-11-16(26-22-13)21-18(25)14(2)23-7-4-8-24(10-9-23)17-15(12-19)5-3-6-20-17/h3,5-6,11,14H,4,7-10H2,1-2H3,(H,21,25). The third-order valence-corrected chi connectivity index (χ3v) is 4.54. The summed E-state index contributed by atoms with van der Waals surface area (Å²) in [5, 5.41) is 15.8. The Balaban J connectivity index is 1.62. The molecule has 8 nitrogen and oxygen atoms in total. The maximum Gasteiger partial charge on any atom is 0.243 e. The molecule has 26 heavy (non-hydrogen) atoms. The number of hydrogen-bond donors (Lipinski definition) is 1. The van der Waals surface area contributed by atoms with Gasteiger partial charge in [0, 0.05) is 38.4 Å². The summed E-state index contributed by atoms with van der Waals surface area (Å²) in [6, 6.07) is 7.14. The molecule has 0 aromatic carbocycles. The third-order valence-electron chi connectivity index (χ3n) is 4.54. The van der Waals surface area contributed by atoms with Crippen LogP contribution in [0.25, 0.3) is 0 Å². The first kappa shape index (κ1) is 17.9. The van der Waals surface area contributed by atoms with Gasteiger partial charge in [-0.3, -0.25) is 15.0 Å². The fourth-order valence-electron chi connectivity index (χ4n) is 3.09. The van der Waals surface area contributed by atoms with Crippen LogP contribution in [0.2, 0.25) is 0 Å². The van der Waals surface area contributed by atoms with Gasteiger partial charge < -0.3 is 9.42 Å². The van der Waals surface area contributed by atoms with Crippen molar-refractivity contribution in [1.82, 2.24) is 15.0 Å². The maximum absolute atomic E-state index is 12.5. The van der Waals surface area contributed by atoms with Gasteiger partial charge in [0.2, 0.25) is 11.8 Å². The number of pyridine rings is 1. The lowest BCUT2D eigenvalue weighted by molar-refractivity contribution is -0.120. The van der Waals surface area contributed by atoms with Crippen LogP contribution in [-0.4, -0.2) is 53.2 Å². The van der Waals surface area contributed by atoms with E-state index in [0.717, 1.165) is 25.2 Å². The third kappa shape index (κ3) is 4.00. The number of carbonyl (C=O) groups is 1. The molecule has 1 unspecified atom stereocenters. The molecule has 1 aliphatic heterocycles. The molecular weight excluding hydrogens is 332 g/mol. The molecule has 1 aliphatic rings. The summed E-state index contributed by atoms with van der Waals surface area (Å²) >= 11 is 0. The van der Waals surface area contributed by atoms with Crippen LogP contribution in [0.1, 0.15) is 24.6 Å². The fourth-order valence-corrected chi connectivity index (χ4v) is 3.09. The van der Waals surface area contributed by atoms with Gasteiger partial charge in [-0.2, -0.15) is 5.26 Å². The van der Waals surface area contributed by atoms with Gasteiger partial charge >= 0.3 is 0 Å². The molecule has 1 fully saturated rings. The summed E-state index contributed by atoms with van der Waals surface area (Å²) in [5.41, 5.74) is 1.30. The molecule has 0 saturated carbocycles. The molecule has 1 N–H and O–H groups in total. The zero-order chi connectivity index (χ0) is 18.5. The van der Waals surface area contributed by atoms with Crippen molar-refractivity contribution in [1.29, 1.82) is 5.26 Å². The Bertz CT molecular complexity index is 812. The lowest BCUT2D eigenvalue weighted by atomic mass is 10.2. The van der Waals surface area contributed by atoms with Crippen LogP contribution in [0.5, 0.6) is 0 Å². The largest absolute Gasteiger partial charge is 0.354 e. The number of nitriles is 1. The summed E-state index contributed by atoms with van der Waals surface area (Å²) in [6.07, 6.45) is 2.59. The lowest BCUT2D eigenvalue weighted by Gasteiger charge is -2.27. The SMILES string of the molecule is Cc1cc(NC(=O)C(C)N2CCCN(c3ncccc3C#N)CC2)on1. The fraction of sp³-hybridized carbons (Fsp3) is 0.444. The second-order valence-electron chi connectivity index (χ2n) is 6.36. The molecule has 0 spiro atoms. The van der Waals surface area contributed by atoms with E-state index >= 15 is 0 Å². The maximum atomic E-state index is 12.5. The minimum atomic E-state index is -0.292. The highest BCUT2D eigenvalue weighted by Gasteiger charge is 2.25. The Labute approximate surface area is 152 Å². The van der Waals surface area contributed by atoms with Crippen molar-refractivity contribution in [3.05, 3.63) is 35.7 Å². The van der Waals surface area contributed by atoms with Gasteiger partial charge in [-0.25, -0.2) is 4.98 Å². The quantitative estimate of drug-likeness (QED) is 0.893. The molecule has 2 aromatic heterocycles. The Morgan fingerprint density at radius 1 is 1.38 bits per heavy atom. The molecular formula is C18H22N6O2. The summed E-state index contributed by atoms with van der Waals surface area (Å²) in [7, 11) is 0. The molecule has 0 radical (unpaired) electrons. The molecule has 3 rings (SSSR count). The highest BCUT2D eigenvalue weighted by Crippen LogP contribution is 2.19. The van der Waals surface area contributed by atoms with E-state index in [0.29, 0.717) is 30.4 Å². The van der Waals surface area contributed by atoms with E-state index in [9.17, 15) is 10.1 Å². The minimum absolute atomic E-state index is 0.120. The summed E-state index contributed by atoms with van der Waals surface area (Å²) in [5.74, 6) is 0.958. The van der Waals surface area contributed by atoms with Crippen molar-refractivity contribution in [3.8, 4) is 6.07 Å². The second kappa shape index (κ2) is 7.97. The predicted molar refractivity (Wildman–Crippen MR) is 96.7 cm³/mol. The van der Waals surface area contributed by atoms with E-state index < -0.39 is 0 Å². The molecule has 136 valence electrons. The van der Waals surface area contributed by atoms with Gasteiger partial charge in [-0.15, -0.1) is 0 Å². The first-order valence-electron chi connectivity index (χ1n) is 8.67. The first-order valence-corrected chi connectivity index (χ1v) is 8.67. The predicted octanol–water partition coefficient (Wildman–Crippen LogP) is 1.79. The van der Waals surface area contributed by atoms with Crippen molar-refractivity contribution in [2.24, 2.45) is 0 Å². The average Bonchev–Trinajstić information content (AvgIpc) is 2.92. The molecule has 3 heterocycles. The number of aromatic nitrogens is 2. The highest BCUT2D eigenvalue weighted by atomic mass is 16.5. The average molecular weight is 354 g/mol. The molecule has 1 atom stereocenters. The van der Waals surface area contributed by atoms with Crippen LogP contribution in [0, 0.1) is 18.3 Å². The van der Waals surface area contributed by atoms with E-state index in [-0.39, 0.29) is 11.9 Å². The van der Waals surface area contributed by atoms with E-state index in [2.05, 4.69) is 31.3 Å². The van der Waals surface area contributed by atoms with Crippen molar-refractivity contribution >= 4 is 17.6 Å². The molecule has 0 bridgehead atoms. The van der Waals surface area contributed by atoms with E-state index in [1.165, 1.54) is 0 Å². The number of rotatable bonds is 4. The Morgan fingerprint density at radius 3 is 2.96 bits per heavy atom. The summed E-state index contributed by atoms with van der Waals surface area (Å²) in [4.78, 5) is 21.1. The molecule has 8 heteroatoms. The number of anilines is 2. The van der Waals surface area contributed by atoms with Gasteiger partial charge in [0.05, 0.1) is 17.3 Å². The molecule has 2 aromatic rings. The van der Waals surface area contributed by atoms with Crippen LogP contribution in [0.15, 0.2) is 28.9 Å². The van der Waals surface area contributed by atoms with Gasteiger partial charge in [0.1, 0.15) is 11.9 Å². The zero-order valence-electron chi connectivity index (χ0n) is 15.0. The van der Waals surface area contributed by atoms with Crippen LogP contribution in [0.4, 0.5) is 11.7 Å². The normalized spacial score (nSPS) is 16.6. The van der Waals surface area contributed by atoms with E-state index in [4.69, 9.17) is 4.52 Å². The zero-order valence-corrected chi connectivity index (χ0v) is 15.0. The van der Waals surface area contributed by atoms with Crippen molar-refractivity contribution in [2.75, 3.05) is 36.4 Å². The first-order chi connectivity index (χ1) is 12.6. The van der Waals surface area contributed by atoms with Gasteiger partial charge in [-0.05, 0) is 32.4 Å². The van der Waals surface area contributed by atoms with Gasteiger partial charge in [0.25, 0.3) is 0 Å². The number of nitrogens with zero attached hydrogens (tertiary/aromatic N) is 5. The monoisotopic (exact) mass is 354 g/mol. The number of nitrogens with one attached hydrogen (secondary N) is 1. The number of hydrogen-bond acceptors (Lipinski definition) is 7. The van der Waals surface area contributed by atoms with Gasteiger partial charge in [-0.1, -0.05) is 5.16 Å². The highest BCUT2D eigenvalue weighted by molar-refractivity contribution is 5.93. The topological polar surface area (TPSA) is 98.3 Å². The lowest BCUT2D eigenvalue weighted by Crippen LogP contribution is -2.44. The summed E-state index contributed by atoms with van der Waals surface area (Å²) in [6.45, 7) is 6.72. The minimum Gasteiger partial charge on any atom is -0.354 e. The second-order valence-corrected chi connectivity index (χ2v) is 6.36. The molecule has 1 saturated heterocycles. The van der Waals surface area contributed by atoms with Crippen LogP contribution in [-0.2, 0) is 4.79 Å². The Kier molecular flexibility index (Phi) is 5.49. The summed E-state index contributed by atoms with van der Waals surface area (Å²) < 4.78 is 5.05. The van der Waals surface area contributed by atoms with E-state index in [1.807, 2.05) is 6.92 Å². The van der Waals surface area contributed by atoms with E-state index in [1.54, 1.807) is 31.3 Å².